The molecule has 160 valence electrons. The van der Waals surface area contributed by atoms with Gasteiger partial charge in [-0.2, -0.15) is 11.8 Å². The van der Waals surface area contributed by atoms with Crippen LogP contribution in [-0.4, -0.2) is 49.2 Å². The third-order valence-electron chi connectivity index (χ3n) is 4.01. The van der Waals surface area contributed by atoms with Crippen LogP contribution < -0.4 is 15.4 Å². The molecule has 0 bridgehead atoms. The van der Waals surface area contributed by atoms with Gasteiger partial charge in [-0.25, -0.2) is 14.2 Å². The molecule has 7 nitrogen and oxygen atoms in total. The highest BCUT2D eigenvalue weighted by Crippen LogP contribution is 2.20. The van der Waals surface area contributed by atoms with Gasteiger partial charge in [-0.1, -0.05) is 18.2 Å². The number of nitrogens with one attached hydrogen (secondary N) is 2. The van der Waals surface area contributed by atoms with E-state index in [1.165, 1.54) is 12.1 Å². The Balaban J connectivity index is 1.60. The summed E-state index contributed by atoms with van der Waals surface area (Å²) in [7, 11) is 0. The van der Waals surface area contributed by atoms with E-state index < -0.39 is 17.8 Å². The number of carbonyl (C=O) groups is 2. The van der Waals surface area contributed by atoms with Gasteiger partial charge in [0.2, 0.25) is 0 Å². The summed E-state index contributed by atoms with van der Waals surface area (Å²) in [5, 5.41) is 5.26. The van der Waals surface area contributed by atoms with E-state index in [1.54, 1.807) is 11.8 Å². The highest BCUT2D eigenvalue weighted by Gasteiger charge is 2.28. The number of amides is 2. The first-order chi connectivity index (χ1) is 13.9. The second-order valence-electron chi connectivity index (χ2n) is 6.39. The zero-order valence-electron chi connectivity index (χ0n) is 16.0. The molecule has 1 fully saturated rings. The number of rotatable bonds is 10. The number of ether oxygens (including phenoxy) is 1. The van der Waals surface area contributed by atoms with Crippen LogP contribution in [0.15, 0.2) is 30.5 Å². The molecule has 10 heteroatoms. The lowest BCUT2D eigenvalue weighted by molar-refractivity contribution is -0.360. The molecule has 2 unspecified atom stereocenters. The quantitative estimate of drug-likeness (QED) is 0.537. The Morgan fingerprint density at radius 1 is 1.38 bits per heavy atom. The van der Waals surface area contributed by atoms with Crippen LogP contribution in [0, 0.1) is 5.82 Å². The molecule has 2 N–H and O–H groups in total. The highest BCUT2D eigenvalue weighted by atomic mass is 35.5. The maximum absolute atomic E-state index is 13.3. The van der Waals surface area contributed by atoms with Crippen LogP contribution in [-0.2, 0) is 19.4 Å². The Hall–Kier alpha value is -1.81. The van der Waals surface area contributed by atoms with E-state index in [1.807, 2.05) is 6.26 Å². The van der Waals surface area contributed by atoms with Crippen molar-refractivity contribution >= 4 is 35.2 Å². The summed E-state index contributed by atoms with van der Waals surface area (Å²) in [5.74, 6) is -0.323. The number of hydrogen-bond acceptors (Lipinski definition) is 6. The predicted octanol–water partition coefficient (Wildman–Crippen LogP) is 2.84. The van der Waals surface area contributed by atoms with Gasteiger partial charge < -0.3 is 15.4 Å². The number of halogens is 2. The molecule has 1 aliphatic heterocycles. The monoisotopic (exact) mass is 446 g/mol. The van der Waals surface area contributed by atoms with E-state index in [-0.39, 0.29) is 35.9 Å². The van der Waals surface area contributed by atoms with Crippen molar-refractivity contribution in [2.24, 2.45) is 0 Å². The normalized spacial score (nSPS) is 18.7. The van der Waals surface area contributed by atoms with Gasteiger partial charge in [0, 0.05) is 30.5 Å². The van der Waals surface area contributed by atoms with Gasteiger partial charge in [-0.15, -0.1) is 0 Å². The zero-order chi connectivity index (χ0) is 21.2. The van der Waals surface area contributed by atoms with E-state index in [9.17, 15) is 14.0 Å². The van der Waals surface area contributed by atoms with Crippen molar-refractivity contribution < 1.29 is 28.5 Å². The summed E-state index contributed by atoms with van der Waals surface area (Å²) < 4.78 is 18.5. The zero-order valence-corrected chi connectivity index (χ0v) is 17.6. The number of thioether (sulfide) groups is 1. The lowest BCUT2D eigenvalue weighted by Gasteiger charge is -2.26. The van der Waals surface area contributed by atoms with E-state index >= 15 is 0 Å². The first-order valence-electron chi connectivity index (χ1n) is 9.03. The summed E-state index contributed by atoms with van der Waals surface area (Å²) in [4.78, 5) is 34.3. The summed E-state index contributed by atoms with van der Waals surface area (Å²) >= 11 is 7.25. The van der Waals surface area contributed by atoms with Crippen LogP contribution in [0.1, 0.15) is 19.3 Å². The van der Waals surface area contributed by atoms with Crippen LogP contribution in [0.5, 0.6) is 5.75 Å². The molecule has 0 aliphatic carbocycles. The molecule has 2 amide bonds. The second-order valence-corrected chi connectivity index (χ2v) is 7.71. The van der Waals surface area contributed by atoms with E-state index in [0.29, 0.717) is 18.5 Å². The Kier molecular flexibility index (Phi) is 9.72. The lowest BCUT2D eigenvalue weighted by atomic mass is 10.1. The molecule has 0 spiro atoms. The Bertz CT molecular complexity index is 729. The topological polar surface area (TPSA) is 85.9 Å². The number of hydrogen-bond donors (Lipinski definition) is 2. The Morgan fingerprint density at radius 3 is 2.83 bits per heavy atom. The van der Waals surface area contributed by atoms with Crippen molar-refractivity contribution in [2.75, 3.05) is 25.2 Å². The SMILES string of the molecule is C=C(CCNC(=O)C1CCC(CSC)OO1)NC(=O)COc1ccc(Cl)c(F)c1. The van der Waals surface area contributed by atoms with Crippen LogP contribution >= 0.6 is 23.4 Å². The summed E-state index contributed by atoms with van der Waals surface area (Å²) in [6.45, 7) is 3.72. The summed E-state index contributed by atoms with van der Waals surface area (Å²) in [5.41, 5.74) is 0.419. The first kappa shape index (κ1) is 23.5. The molecule has 0 radical (unpaired) electrons. The lowest BCUT2D eigenvalue weighted by Crippen LogP contribution is -2.41. The fourth-order valence-electron chi connectivity index (χ4n) is 2.51. The second kappa shape index (κ2) is 12.0. The van der Waals surface area contributed by atoms with Gasteiger partial charge in [0.25, 0.3) is 11.8 Å². The Labute approximate surface area is 178 Å². The van der Waals surface area contributed by atoms with E-state index in [4.69, 9.17) is 26.1 Å². The van der Waals surface area contributed by atoms with Crippen LogP contribution in [0.3, 0.4) is 0 Å². The van der Waals surface area contributed by atoms with Crippen molar-refractivity contribution in [3.8, 4) is 5.75 Å². The van der Waals surface area contributed by atoms with E-state index in [2.05, 4.69) is 17.2 Å². The van der Waals surface area contributed by atoms with Crippen LogP contribution in [0.4, 0.5) is 4.39 Å². The average Bonchev–Trinajstić information content (AvgIpc) is 2.69. The predicted molar refractivity (Wildman–Crippen MR) is 109 cm³/mol. The fraction of sp³-hybridized carbons (Fsp3) is 0.474. The molecule has 1 saturated heterocycles. The van der Waals surface area contributed by atoms with Crippen LogP contribution in [0.25, 0.3) is 0 Å². The third kappa shape index (κ3) is 8.22. The smallest absolute Gasteiger partial charge is 0.262 e. The summed E-state index contributed by atoms with van der Waals surface area (Å²) in [6.07, 6.45) is 3.06. The number of benzene rings is 1. The molecular formula is C19H24ClFN2O5S. The van der Waals surface area contributed by atoms with Crippen LogP contribution in [0.2, 0.25) is 5.02 Å². The average molecular weight is 447 g/mol. The van der Waals surface area contributed by atoms with Gasteiger partial charge in [-0.3, -0.25) is 9.59 Å². The maximum Gasteiger partial charge on any atom is 0.262 e. The van der Waals surface area contributed by atoms with Gasteiger partial charge in [-0.05, 0) is 31.2 Å². The van der Waals surface area contributed by atoms with Gasteiger partial charge >= 0.3 is 0 Å². The molecule has 2 rings (SSSR count). The maximum atomic E-state index is 13.3. The molecule has 29 heavy (non-hydrogen) atoms. The summed E-state index contributed by atoms with van der Waals surface area (Å²) in [6, 6.07) is 3.90. The molecule has 0 aromatic heterocycles. The molecular weight excluding hydrogens is 423 g/mol. The number of carbonyl (C=O) groups excluding carboxylic acids is 2. The fourth-order valence-corrected chi connectivity index (χ4v) is 3.22. The van der Waals surface area contributed by atoms with Crippen molar-refractivity contribution in [2.45, 2.75) is 31.5 Å². The molecule has 0 saturated carbocycles. The Morgan fingerprint density at radius 2 is 2.17 bits per heavy atom. The van der Waals surface area contributed by atoms with Crippen molar-refractivity contribution in [1.82, 2.24) is 10.6 Å². The van der Waals surface area contributed by atoms with E-state index in [0.717, 1.165) is 18.2 Å². The molecule has 1 aliphatic rings. The minimum atomic E-state index is -0.635. The minimum Gasteiger partial charge on any atom is -0.484 e. The van der Waals surface area contributed by atoms with Crippen molar-refractivity contribution in [3.05, 3.63) is 41.3 Å². The molecule has 1 heterocycles. The third-order valence-corrected chi connectivity index (χ3v) is 5.02. The van der Waals surface area contributed by atoms with Gasteiger partial charge in [0.1, 0.15) is 17.7 Å². The molecule has 2 atom stereocenters. The first-order valence-corrected chi connectivity index (χ1v) is 10.8. The van der Waals surface area contributed by atoms with Crippen molar-refractivity contribution in [1.29, 1.82) is 0 Å². The largest absolute Gasteiger partial charge is 0.484 e. The standard InChI is InChI=1S/C19H24ClFN2O5S/c1-12(23-18(24)10-26-13-3-5-15(20)16(21)9-13)7-8-22-19(25)17-6-4-14(11-29-2)27-28-17/h3,5,9,14,17H,1,4,6-8,10-11H2,2H3,(H,22,25)(H,23,24). The minimum absolute atomic E-state index is 0.00984. The van der Waals surface area contributed by atoms with Crippen molar-refractivity contribution in [3.63, 3.8) is 0 Å². The highest BCUT2D eigenvalue weighted by molar-refractivity contribution is 7.98. The van der Waals surface area contributed by atoms with Gasteiger partial charge in [0.05, 0.1) is 5.02 Å². The van der Waals surface area contributed by atoms with Gasteiger partial charge in [0.15, 0.2) is 12.7 Å². The molecule has 1 aromatic rings. The molecule has 1 aromatic carbocycles.